The van der Waals surface area contributed by atoms with E-state index in [1.54, 1.807) is 19.2 Å². The van der Waals surface area contributed by atoms with Crippen LogP contribution < -0.4 is 10.6 Å². The highest BCUT2D eigenvalue weighted by molar-refractivity contribution is 7.19. The van der Waals surface area contributed by atoms with Crippen molar-refractivity contribution in [3.63, 3.8) is 0 Å². The lowest BCUT2D eigenvalue weighted by molar-refractivity contribution is 0.102. The lowest BCUT2D eigenvalue weighted by Gasteiger charge is -2.17. The third-order valence-electron chi connectivity index (χ3n) is 3.04. The number of rotatable bonds is 4. The summed E-state index contributed by atoms with van der Waals surface area (Å²) in [6.45, 7) is 1.92. The molecule has 2 aromatic rings. The molecule has 0 unspecified atom stereocenters. The van der Waals surface area contributed by atoms with Crippen LogP contribution in [0.15, 0.2) is 24.3 Å². The lowest BCUT2D eigenvalue weighted by Crippen LogP contribution is -2.16. The van der Waals surface area contributed by atoms with Gasteiger partial charge in [0.15, 0.2) is 5.78 Å². The zero-order valence-electron chi connectivity index (χ0n) is 11.7. The highest BCUT2D eigenvalue weighted by Crippen LogP contribution is 2.38. The van der Waals surface area contributed by atoms with Gasteiger partial charge in [0.25, 0.3) is 0 Å². The highest BCUT2D eigenvalue weighted by atomic mass is 32.1. The quantitative estimate of drug-likeness (QED) is 0.881. The average Bonchev–Trinajstić information content (AvgIpc) is 2.78. The minimum atomic E-state index is -0.293. The van der Waals surface area contributed by atoms with Crippen molar-refractivity contribution in [3.8, 4) is 6.07 Å². The molecule has 108 valence electrons. The van der Waals surface area contributed by atoms with Crippen molar-refractivity contribution in [3.05, 3.63) is 46.1 Å². The SMILES string of the molecule is CC(=O)c1sc(N(C)Cc2ccc(F)cc2)c(C#N)c1N. The molecule has 6 heteroatoms. The van der Waals surface area contributed by atoms with Crippen LogP contribution in [-0.2, 0) is 6.54 Å². The Morgan fingerprint density at radius 3 is 2.57 bits per heavy atom. The van der Waals surface area contributed by atoms with Crippen LogP contribution in [0.5, 0.6) is 0 Å². The Hall–Kier alpha value is -2.39. The van der Waals surface area contributed by atoms with Crippen LogP contribution in [0.1, 0.15) is 27.7 Å². The molecule has 0 bridgehead atoms. The summed E-state index contributed by atoms with van der Waals surface area (Å²) in [5.41, 5.74) is 7.31. The molecule has 21 heavy (non-hydrogen) atoms. The number of ketones is 1. The first kappa shape index (κ1) is 15.0. The molecule has 2 rings (SSSR count). The van der Waals surface area contributed by atoms with Crippen LogP contribution in [0.2, 0.25) is 0 Å². The summed E-state index contributed by atoms with van der Waals surface area (Å²) in [6.07, 6.45) is 0. The van der Waals surface area contributed by atoms with Crippen molar-refractivity contribution in [1.29, 1.82) is 5.26 Å². The number of thiophene rings is 1. The highest BCUT2D eigenvalue weighted by Gasteiger charge is 2.21. The molecule has 0 amide bonds. The molecule has 0 saturated carbocycles. The van der Waals surface area contributed by atoms with E-state index in [0.29, 0.717) is 22.0 Å². The number of hydrogen-bond donors (Lipinski definition) is 1. The summed E-state index contributed by atoms with van der Waals surface area (Å²) in [4.78, 5) is 13.8. The fourth-order valence-electron chi connectivity index (χ4n) is 2.01. The minimum Gasteiger partial charge on any atom is -0.396 e. The van der Waals surface area contributed by atoms with Gasteiger partial charge >= 0.3 is 0 Å². The van der Waals surface area contributed by atoms with E-state index in [0.717, 1.165) is 5.56 Å². The fourth-order valence-corrected chi connectivity index (χ4v) is 3.03. The number of nitrogens with zero attached hydrogens (tertiary/aromatic N) is 2. The van der Waals surface area contributed by atoms with Crippen molar-refractivity contribution in [2.75, 3.05) is 17.7 Å². The van der Waals surface area contributed by atoms with E-state index in [1.165, 1.54) is 30.4 Å². The molecular formula is C15H14FN3OS. The molecular weight excluding hydrogens is 289 g/mol. The Bertz CT molecular complexity index is 716. The van der Waals surface area contributed by atoms with Crippen LogP contribution >= 0.6 is 11.3 Å². The number of anilines is 2. The number of carbonyl (C=O) groups is 1. The van der Waals surface area contributed by atoms with Crippen molar-refractivity contribution < 1.29 is 9.18 Å². The Kier molecular flexibility index (Phi) is 4.24. The van der Waals surface area contributed by atoms with E-state index in [2.05, 4.69) is 0 Å². The fraction of sp³-hybridized carbons (Fsp3) is 0.200. The summed E-state index contributed by atoms with van der Waals surface area (Å²) in [6, 6.07) is 8.18. The molecule has 1 heterocycles. The summed E-state index contributed by atoms with van der Waals surface area (Å²) in [5, 5.41) is 9.88. The topological polar surface area (TPSA) is 70.1 Å². The number of carbonyl (C=O) groups excluding carboxylic acids is 1. The first-order valence-electron chi connectivity index (χ1n) is 6.23. The molecule has 0 radical (unpaired) electrons. The maximum Gasteiger partial charge on any atom is 0.171 e. The summed E-state index contributed by atoms with van der Waals surface area (Å²) in [5.74, 6) is -0.450. The third kappa shape index (κ3) is 3.03. The second-order valence-electron chi connectivity index (χ2n) is 4.68. The van der Waals surface area contributed by atoms with E-state index in [1.807, 2.05) is 11.0 Å². The number of nitrogens with two attached hydrogens (primary N) is 1. The molecule has 2 N–H and O–H groups in total. The van der Waals surface area contributed by atoms with Crippen LogP contribution in [0, 0.1) is 17.1 Å². The monoisotopic (exact) mass is 303 g/mol. The smallest absolute Gasteiger partial charge is 0.171 e. The molecule has 0 aliphatic rings. The van der Waals surface area contributed by atoms with Gasteiger partial charge in [-0.25, -0.2) is 4.39 Å². The molecule has 0 aliphatic heterocycles. The van der Waals surface area contributed by atoms with Gasteiger partial charge in [-0.2, -0.15) is 5.26 Å². The zero-order valence-corrected chi connectivity index (χ0v) is 12.5. The van der Waals surface area contributed by atoms with E-state index >= 15 is 0 Å². The Balaban J connectivity index is 2.33. The van der Waals surface area contributed by atoms with Gasteiger partial charge in [0.05, 0.1) is 10.6 Å². The van der Waals surface area contributed by atoms with E-state index in [4.69, 9.17) is 5.73 Å². The lowest BCUT2D eigenvalue weighted by atomic mass is 10.2. The van der Waals surface area contributed by atoms with Gasteiger partial charge in [0, 0.05) is 20.5 Å². The Morgan fingerprint density at radius 1 is 1.43 bits per heavy atom. The van der Waals surface area contributed by atoms with Gasteiger partial charge in [-0.05, 0) is 17.7 Å². The first-order chi connectivity index (χ1) is 9.93. The normalized spacial score (nSPS) is 10.2. The maximum atomic E-state index is 12.9. The van der Waals surface area contributed by atoms with Gasteiger partial charge in [0.1, 0.15) is 22.5 Å². The molecule has 0 atom stereocenters. The molecule has 0 spiro atoms. The van der Waals surface area contributed by atoms with Gasteiger partial charge < -0.3 is 10.6 Å². The number of nitrogen functional groups attached to an aromatic ring is 1. The standard InChI is InChI=1S/C15H14FN3OS/c1-9(20)14-13(18)12(7-17)15(21-14)19(2)8-10-3-5-11(16)6-4-10/h3-6H,8,18H2,1-2H3. The zero-order chi connectivity index (χ0) is 15.6. The van der Waals surface area contributed by atoms with Gasteiger partial charge in [-0.3, -0.25) is 4.79 Å². The largest absolute Gasteiger partial charge is 0.396 e. The number of hydrogen-bond acceptors (Lipinski definition) is 5. The summed E-state index contributed by atoms with van der Waals surface area (Å²) >= 11 is 1.20. The molecule has 1 aromatic carbocycles. The van der Waals surface area contributed by atoms with Crippen molar-refractivity contribution in [2.45, 2.75) is 13.5 Å². The molecule has 0 saturated heterocycles. The van der Waals surface area contributed by atoms with Crippen molar-refractivity contribution >= 4 is 27.8 Å². The third-order valence-corrected chi connectivity index (χ3v) is 4.46. The Morgan fingerprint density at radius 2 is 2.05 bits per heavy atom. The van der Waals surface area contributed by atoms with Crippen LogP contribution in [0.3, 0.4) is 0 Å². The van der Waals surface area contributed by atoms with Gasteiger partial charge in [-0.1, -0.05) is 12.1 Å². The van der Waals surface area contributed by atoms with Gasteiger partial charge in [0.2, 0.25) is 0 Å². The summed E-state index contributed by atoms with van der Waals surface area (Å²) < 4.78 is 12.9. The number of benzene rings is 1. The maximum absolute atomic E-state index is 12.9. The van der Waals surface area contributed by atoms with Crippen LogP contribution in [-0.4, -0.2) is 12.8 Å². The minimum absolute atomic E-state index is 0.157. The number of nitriles is 1. The average molecular weight is 303 g/mol. The summed E-state index contributed by atoms with van der Waals surface area (Å²) in [7, 11) is 1.80. The van der Waals surface area contributed by atoms with Gasteiger partial charge in [-0.15, -0.1) is 11.3 Å². The van der Waals surface area contributed by atoms with E-state index < -0.39 is 0 Å². The molecule has 0 aliphatic carbocycles. The molecule has 0 fully saturated rings. The van der Waals surface area contributed by atoms with Crippen LogP contribution in [0.25, 0.3) is 0 Å². The molecule has 4 nitrogen and oxygen atoms in total. The predicted molar refractivity (Wildman–Crippen MR) is 82.0 cm³/mol. The van der Waals surface area contributed by atoms with Crippen molar-refractivity contribution in [1.82, 2.24) is 0 Å². The van der Waals surface area contributed by atoms with Crippen molar-refractivity contribution in [2.24, 2.45) is 0 Å². The van der Waals surface area contributed by atoms with E-state index in [9.17, 15) is 14.4 Å². The predicted octanol–water partition coefficient (Wildman–Crippen LogP) is 3.18. The Labute approximate surface area is 126 Å². The first-order valence-corrected chi connectivity index (χ1v) is 7.04. The number of halogens is 1. The molecule has 1 aromatic heterocycles. The second-order valence-corrected chi connectivity index (χ2v) is 5.67. The van der Waals surface area contributed by atoms with E-state index in [-0.39, 0.29) is 17.3 Å². The second kappa shape index (κ2) is 5.94. The van der Waals surface area contributed by atoms with Crippen LogP contribution in [0.4, 0.5) is 15.1 Å². The number of Topliss-reactive ketones (excluding diaryl/α,β-unsaturated/α-hetero) is 1.